The largest absolute Gasteiger partial charge is 1.00 e. The van der Waals surface area contributed by atoms with Crippen molar-refractivity contribution >= 4 is 23.1 Å². The van der Waals surface area contributed by atoms with E-state index in [1.165, 1.54) is 108 Å². The van der Waals surface area contributed by atoms with Crippen molar-refractivity contribution in [2.45, 2.75) is 103 Å². The summed E-state index contributed by atoms with van der Waals surface area (Å²) >= 11 is 3.90. The van der Waals surface area contributed by atoms with Crippen molar-refractivity contribution in [1.29, 1.82) is 0 Å². The van der Waals surface area contributed by atoms with Gasteiger partial charge >= 0.3 is 0 Å². The predicted molar refractivity (Wildman–Crippen MR) is 112 cm³/mol. The Morgan fingerprint density at radius 3 is 1.72 bits per heavy atom. The quantitative estimate of drug-likeness (QED) is 0.167. The van der Waals surface area contributed by atoms with Gasteiger partial charge in [0.15, 0.2) is 12.7 Å². The summed E-state index contributed by atoms with van der Waals surface area (Å²) in [7, 11) is 0. The minimum Gasteiger partial charge on any atom is -1.00 e. The Kier molecular flexibility index (Phi) is 21.6. The molecule has 0 fully saturated rings. The molecular formula is C21H40INS2. The number of thiazole rings is 1. The van der Waals surface area contributed by atoms with Crippen LogP contribution in [-0.4, -0.2) is 11.5 Å². The van der Waals surface area contributed by atoms with Crippen LogP contribution in [0.5, 0.6) is 0 Å². The molecule has 1 aromatic heterocycles. The smallest absolute Gasteiger partial charge is 0.224 e. The Balaban J connectivity index is 0.00000576. The molecule has 148 valence electrons. The molecule has 0 saturated carbocycles. The number of thioether (sulfide) groups is 1. The van der Waals surface area contributed by atoms with Gasteiger partial charge in [-0.25, -0.2) is 0 Å². The van der Waals surface area contributed by atoms with Crippen LogP contribution < -0.4 is 28.5 Å². The number of aromatic nitrogens is 1. The van der Waals surface area contributed by atoms with E-state index < -0.39 is 0 Å². The van der Waals surface area contributed by atoms with Crippen LogP contribution in [0.15, 0.2) is 17.1 Å². The van der Waals surface area contributed by atoms with Crippen molar-refractivity contribution in [3.8, 4) is 0 Å². The number of aryl methyl sites for hydroxylation is 1. The standard InChI is InChI=1S/C21H40NS2.HI/c1-2-3-4-5-6-7-8-9-10-11-12-13-14-15-18-23-19-16-22-17-20-24-21-22;/h17,20-21H,2-16,18-19H2,1H3;1H/q+1;/p-1. The van der Waals surface area contributed by atoms with Gasteiger partial charge in [0, 0.05) is 0 Å². The molecule has 0 aliphatic rings. The fraction of sp³-hybridized carbons (Fsp3) is 0.857. The molecule has 0 bridgehead atoms. The van der Waals surface area contributed by atoms with Crippen LogP contribution in [-0.2, 0) is 6.54 Å². The number of hydrogen-bond donors (Lipinski definition) is 0. The van der Waals surface area contributed by atoms with Gasteiger partial charge in [0.05, 0.1) is 11.1 Å². The molecule has 0 atom stereocenters. The highest BCUT2D eigenvalue weighted by Gasteiger charge is 1.99. The highest BCUT2D eigenvalue weighted by atomic mass is 127. The summed E-state index contributed by atoms with van der Waals surface area (Å²) in [5, 5.41) is 2.15. The second-order valence-corrected chi connectivity index (χ2v) is 8.95. The number of hydrogen-bond acceptors (Lipinski definition) is 2. The van der Waals surface area contributed by atoms with Gasteiger partial charge in [-0.2, -0.15) is 16.3 Å². The summed E-state index contributed by atoms with van der Waals surface area (Å²) < 4.78 is 2.29. The van der Waals surface area contributed by atoms with Crippen LogP contribution >= 0.6 is 23.1 Å². The minimum atomic E-state index is 0. The summed E-state index contributed by atoms with van der Waals surface area (Å²) in [6.07, 6.45) is 22.5. The zero-order chi connectivity index (χ0) is 17.1. The topological polar surface area (TPSA) is 3.88 Å². The maximum atomic E-state index is 2.30. The van der Waals surface area contributed by atoms with E-state index in [-0.39, 0.29) is 24.0 Å². The van der Waals surface area contributed by atoms with E-state index in [9.17, 15) is 0 Å². The van der Waals surface area contributed by atoms with Crippen LogP contribution in [0, 0.1) is 0 Å². The predicted octanol–water partition coefficient (Wildman–Crippen LogP) is 4.25. The van der Waals surface area contributed by atoms with Gasteiger partial charge in [-0.3, -0.25) is 0 Å². The molecule has 0 aliphatic carbocycles. The van der Waals surface area contributed by atoms with Crippen molar-refractivity contribution in [3.63, 3.8) is 0 Å². The Morgan fingerprint density at radius 2 is 1.24 bits per heavy atom. The maximum Gasteiger partial charge on any atom is 0.224 e. The van der Waals surface area contributed by atoms with Crippen molar-refractivity contribution in [2.24, 2.45) is 0 Å². The summed E-state index contributed by atoms with van der Waals surface area (Å²) in [6.45, 7) is 3.47. The third-order valence-corrected chi connectivity index (χ3v) is 6.38. The van der Waals surface area contributed by atoms with Crippen LogP contribution in [0.25, 0.3) is 0 Å². The third-order valence-electron chi connectivity index (χ3n) is 4.66. The molecule has 1 heterocycles. The highest BCUT2D eigenvalue weighted by Crippen LogP contribution is 2.13. The van der Waals surface area contributed by atoms with Gasteiger partial charge in [-0.1, -0.05) is 102 Å². The summed E-state index contributed by atoms with van der Waals surface area (Å²) in [5.74, 6) is 2.61. The lowest BCUT2D eigenvalue weighted by molar-refractivity contribution is -0.687. The Morgan fingerprint density at radius 1 is 0.720 bits per heavy atom. The van der Waals surface area contributed by atoms with Gasteiger partial charge in [-0.05, 0) is 12.2 Å². The molecule has 0 amide bonds. The lowest BCUT2D eigenvalue weighted by atomic mass is 10.0. The van der Waals surface area contributed by atoms with Crippen molar-refractivity contribution < 1.29 is 28.5 Å². The molecule has 0 spiro atoms. The molecule has 1 nitrogen and oxygen atoms in total. The van der Waals surface area contributed by atoms with E-state index in [0.29, 0.717) is 0 Å². The van der Waals surface area contributed by atoms with Gasteiger partial charge < -0.3 is 24.0 Å². The number of halogens is 1. The molecule has 0 saturated heterocycles. The molecule has 0 radical (unpaired) electrons. The number of rotatable bonds is 18. The van der Waals surface area contributed by atoms with Crippen molar-refractivity contribution in [1.82, 2.24) is 0 Å². The number of nitrogens with zero attached hydrogens (tertiary/aromatic N) is 1. The molecule has 0 aromatic carbocycles. The summed E-state index contributed by atoms with van der Waals surface area (Å²) in [6, 6.07) is 0. The van der Waals surface area contributed by atoms with Gasteiger partial charge in [0.25, 0.3) is 0 Å². The van der Waals surface area contributed by atoms with E-state index in [1.54, 1.807) is 11.3 Å². The van der Waals surface area contributed by atoms with Crippen LogP contribution in [0.4, 0.5) is 0 Å². The average Bonchev–Trinajstić information content (AvgIpc) is 3.11. The third kappa shape index (κ3) is 17.9. The Bertz CT molecular complexity index is 344. The van der Waals surface area contributed by atoms with Crippen LogP contribution in [0.3, 0.4) is 0 Å². The van der Waals surface area contributed by atoms with E-state index >= 15 is 0 Å². The van der Waals surface area contributed by atoms with E-state index in [4.69, 9.17) is 0 Å². The first-order valence-corrected chi connectivity index (χ1v) is 12.5. The van der Waals surface area contributed by atoms with E-state index in [2.05, 4.69) is 40.3 Å². The van der Waals surface area contributed by atoms with Gasteiger partial charge in [0.2, 0.25) is 5.51 Å². The van der Waals surface area contributed by atoms with Crippen LogP contribution in [0.1, 0.15) is 96.8 Å². The SMILES string of the molecule is CCCCCCCCCCCCCCCCSCC[n+]1ccsc1.[I-]. The molecule has 0 unspecified atom stereocenters. The normalized spacial score (nSPS) is 10.8. The zero-order valence-corrected chi connectivity index (χ0v) is 20.2. The Labute approximate surface area is 182 Å². The first-order chi connectivity index (χ1) is 11.9. The second-order valence-electron chi connectivity index (χ2n) is 6.97. The zero-order valence-electron chi connectivity index (χ0n) is 16.4. The van der Waals surface area contributed by atoms with Crippen molar-refractivity contribution in [3.05, 3.63) is 17.1 Å². The van der Waals surface area contributed by atoms with E-state index in [0.717, 1.165) is 0 Å². The lowest BCUT2D eigenvalue weighted by Crippen LogP contribution is -3.00. The molecule has 25 heavy (non-hydrogen) atoms. The average molecular weight is 498 g/mol. The summed E-state index contributed by atoms with van der Waals surface area (Å²) in [4.78, 5) is 0. The van der Waals surface area contributed by atoms with Crippen molar-refractivity contribution in [2.75, 3.05) is 11.5 Å². The minimum absolute atomic E-state index is 0. The molecule has 1 rings (SSSR count). The monoisotopic (exact) mass is 497 g/mol. The van der Waals surface area contributed by atoms with E-state index in [1.807, 2.05) is 0 Å². The molecule has 0 N–H and O–H groups in total. The molecule has 0 aliphatic heterocycles. The highest BCUT2D eigenvalue weighted by molar-refractivity contribution is 7.99. The second kappa shape index (κ2) is 21.0. The Hall–Kier alpha value is 0.710. The summed E-state index contributed by atoms with van der Waals surface area (Å²) in [5.41, 5.74) is 2.20. The van der Waals surface area contributed by atoms with Crippen LogP contribution in [0.2, 0.25) is 0 Å². The molecular weight excluding hydrogens is 457 g/mol. The fourth-order valence-corrected chi connectivity index (χ4v) is 4.64. The first-order valence-electron chi connectivity index (χ1n) is 10.4. The number of unbranched alkanes of at least 4 members (excludes halogenated alkanes) is 13. The fourth-order valence-electron chi connectivity index (χ4n) is 3.06. The molecule has 4 heteroatoms. The maximum absolute atomic E-state index is 2.30. The molecule has 1 aromatic rings. The lowest BCUT2D eigenvalue weighted by Gasteiger charge is -2.03. The first kappa shape index (κ1) is 25.7. The van der Waals surface area contributed by atoms with Gasteiger partial charge in [-0.15, -0.1) is 0 Å². The van der Waals surface area contributed by atoms with Gasteiger partial charge in [0.1, 0.15) is 0 Å².